The third-order valence-corrected chi connectivity index (χ3v) is 4.05. The molecule has 0 aliphatic carbocycles. The fourth-order valence-electron chi connectivity index (χ4n) is 2.20. The van der Waals surface area contributed by atoms with E-state index in [0.717, 1.165) is 16.0 Å². The normalized spacial score (nSPS) is 12.0. The molecule has 0 spiro atoms. The van der Waals surface area contributed by atoms with Crippen LogP contribution in [0.25, 0.3) is 12.2 Å². The first-order valence-electron chi connectivity index (χ1n) is 7.96. The number of nitrogens with zero attached hydrogens (tertiary/aromatic N) is 1. The average molecular weight is 414 g/mol. The van der Waals surface area contributed by atoms with E-state index in [1.165, 1.54) is 12.2 Å². The molecule has 0 bridgehead atoms. The molecule has 2 rings (SSSR count). The van der Waals surface area contributed by atoms with Gasteiger partial charge in [-0.1, -0.05) is 71.8 Å². The van der Waals surface area contributed by atoms with E-state index in [-0.39, 0.29) is 13.1 Å². The predicted molar refractivity (Wildman–Crippen MR) is 104 cm³/mol. The maximum Gasteiger partial charge on any atom is 0.471 e. The molecule has 0 saturated heterocycles. The van der Waals surface area contributed by atoms with Gasteiger partial charge in [0.2, 0.25) is 0 Å². The first-order valence-corrected chi connectivity index (χ1v) is 8.71. The van der Waals surface area contributed by atoms with Gasteiger partial charge in [0, 0.05) is 23.1 Å². The Bertz CT molecular complexity index is 755. The van der Waals surface area contributed by atoms with Crippen LogP contribution in [0.2, 0.25) is 10.0 Å². The van der Waals surface area contributed by atoms with Crippen LogP contribution >= 0.6 is 23.2 Å². The number of hydrogen-bond donors (Lipinski definition) is 0. The monoisotopic (exact) mass is 413 g/mol. The maximum absolute atomic E-state index is 12.8. The van der Waals surface area contributed by atoms with E-state index in [2.05, 4.69) is 0 Å². The fourth-order valence-corrected chi connectivity index (χ4v) is 2.45. The summed E-state index contributed by atoms with van der Waals surface area (Å²) in [6.07, 6.45) is 1.35. The Hall–Kier alpha value is -2.24. The van der Waals surface area contributed by atoms with Crippen LogP contribution in [0.5, 0.6) is 0 Å². The van der Waals surface area contributed by atoms with Crippen molar-refractivity contribution in [3.8, 4) is 0 Å². The summed E-state index contributed by atoms with van der Waals surface area (Å²) in [5, 5.41) is 1.13. The van der Waals surface area contributed by atoms with Crippen molar-refractivity contribution in [2.45, 2.75) is 6.18 Å². The second-order valence-corrected chi connectivity index (χ2v) is 6.49. The molecular formula is C20H16Cl2F3NO. The molecule has 0 saturated carbocycles. The lowest BCUT2D eigenvalue weighted by Gasteiger charge is -2.20. The minimum absolute atomic E-state index is 0.175. The molecule has 1 amide bonds. The summed E-state index contributed by atoms with van der Waals surface area (Å²) in [6.45, 7) is -0.349. The number of alkyl halides is 3. The van der Waals surface area contributed by atoms with E-state index in [1.54, 1.807) is 60.7 Å². The molecule has 0 N–H and O–H groups in total. The summed E-state index contributed by atoms with van der Waals surface area (Å²) in [4.78, 5) is 12.4. The molecule has 0 heterocycles. The summed E-state index contributed by atoms with van der Waals surface area (Å²) in [5.41, 5.74) is 1.55. The molecule has 142 valence electrons. The first kappa shape index (κ1) is 21.1. The van der Waals surface area contributed by atoms with Crippen molar-refractivity contribution < 1.29 is 18.0 Å². The van der Waals surface area contributed by atoms with Crippen LogP contribution in [-0.2, 0) is 4.79 Å². The minimum atomic E-state index is -4.93. The maximum atomic E-state index is 12.8. The summed E-state index contributed by atoms with van der Waals surface area (Å²) >= 11 is 11.6. The van der Waals surface area contributed by atoms with Gasteiger partial charge < -0.3 is 4.90 Å². The van der Waals surface area contributed by atoms with E-state index < -0.39 is 12.1 Å². The number of hydrogen-bond acceptors (Lipinski definition) is 1. The fraction of sp³-hybridized carbons (Fsp3) is 0.150. The van der Waals surface area contributed by atoms with Gasteiger partial charge in [-0.3, -0.25) is 4.79 Å². The summed E-state index contributed by atoms with van der Waals surface area (Å²) in [6, 6.07) is 13.6. The van der Waals surface area contributed by atoms with Gasteiger partial charge >= 0.3 is 12.1 Å². The Morgan fingerprint density at radius 1 is 0.815 bits per heavy atom. The number of halogens is 5. The topological polar surface area (TPSA) is 20.3 Å². The van der Waals surface area contributed by atoms with Crippen molar-refractivity contribution in [1.29, 1.82) is 0 Å². The zero-order valence-electron chi connectivity index (χ0n) is 14.1. The first-order chi connectivity index (χ1) is 12.8. The van der Waals surface area contributed by atoms with E-state index in [1.807, 2.05) is 0 Å². The molecule has 0 aromatic heterocycles. The highest BCUT2D eigenvalue weighted by Gasteiger charge is 2.41. The number of benzene rings is 2. The highest BCUT2D eigenvalue weighted by molar-refractivity contribution is 6.30. The second-order valence-electron chi connectivity index (χ2n) is 5.62. The van der Waals surface area contributed by atoms with Gasteiger partial charge in [0.1, 0.15) is 0 Å². The zero-order chi connectivity index (χ0) is 19.9. The summed E-state index contributed by atoms with van der Waals surface area (Å²) < 4.78 is 38.5. The van der Waals surface area contributed by atoms with Gasteiger partial charge in [0.15, 0.2) is 0 Å². The van der Waals surface area contributed by atoms with Crippen LogP contribution < -0.4 is 0 Å². The lowest BCUT2D eigenvalue weighted by Crippen LogP contribution is -2.41. The molecule has 7 heteroatoms. The molecule has 0 radical (unpaired) electrons. The van der Waals surface area contributed by atoms with E-state index in [0.29, 0.717) is 10.0 Å². The van der Waals surface area contributed by atoms with E-state index in [4.69, 9.17) is 23.2 Å². The Morgan fingerprint density at radius 3 is 1.52 bits per heavy atom. The Labute approximate surface area is 165 Å². The van der Waals surface area contributed by atoms with Crippen LogP contribution in [-0.4, -0.2) is 30.1 Å². The van der Waals surface area contributed by atoms with Crippen LogP contribution in [0, 0.1) is 0 Å². The van der Waals surface area contributed by atoms with E-state index in [9.17, 15) is 18.0 Å². The smallest absolute Gasteiger partial charge is 0.327 e. The average Bonchev–Trinajstić information content (AvgIpc) is 2.62. The number of carbonyl (C=O) groups is 1. The van der Waals surface area contributed by atoms with E-state index >= 15 is 0 Å². The molecule has 2 aromatic carbocycles. The minimum Gasteiger partial charge on any atom is -0.327 e. The lowest BCUT2D eigenvalue weighted by atomic mass is 10.2. The Kier molecular flexibility index (Phi) is 7.51. The highest BCUT2D eigenvalue weighted by atomic mass is 35.5. The second kappa shape index (κ2) is 9.62. The van der Waals surface area contributed by atoms with Crippen molar-refractivity contribution in [1.82, 2.24) is 4.90 Å². The number of carbonyl (C=O) groups excluding carboxylic acids is 1. The molecule has 0 unspecified atom stereocenters. The Balaban J connectivity index is 2.05. The van der Waals surface area contributed by atoms with Crippen LogP contribution in [0.3, 0.4) is 0 Å². The highest BCUT2D eigenvalue weighted by Crippen LogP contribution is 2.19. The van der Waals surface area contributed by atoms with Crippen molar-refractivity contribution in [2.75, 3.05) is 13.1 Å². The zero-order valence-corrected chi connectivity index (χ0v) is 15.6. The summed E-state index contributed by atoms with van der Waals surface area (Å²) in [5.74, 6) is -1.89. The van der Waals surface area contributed by atoms with Crippen LogP contribution in [0.4, 0.5) is 13.2 Å². The third-order valence-electron chi connectivity index (χ3n) is 3.54. The van der Waals surface area contributed by atoms with Crippen molar-refractivity contribution in [3.05, 3.63) is 81.9 Å². The number of rotatable bonds is 6. The predicted octanol–water partition coefficient (Wildman–Crippen LogP) is 6.11. The molecule has 27 heavy (non-hydrogen) atoms. The molecule has 0 aliphatic rings. The van der Waals surface area contributed by atoms with Crippen LogP contribution in [0.15, 0.2) is 60.7 Å². The van der Waals surface area contributed by atoms with Crippen molar-refractivity contribution in [3.63, 3.8) is 0 Å². The standard InChI is InChI=1S/C20H16Cl2F3NO/c21-17-9-5-15(6-10-17)3-1-13-26(19(27)20(23,24)25)14-2-4-16-7-11-18(22)12-8-16/h1-12H,13-14H2. The SMILES string of the molecule is O=C(N(CC=Cc1ccc(Cl)cc1)CC=Cc1ccc(Cl)cc1)C(F)(F)F. The van der Waals surface area contributed by atoms with Crippen molar-refractivity contribution in [2.24, 2.45) is 0 Å². The number of amides is 1. The molecule has 0 aliphatic heterocycles. The van der Waals surface area contributed by atoms with Crippen LogP contribution in [0.1, 0.15) is 11.1 Å². The van der Waals surface area contributed by atoms with Gasteiger partial charge in [-0.25, -0.2) is 0 Å². The van der Waals surface area contributed by atoms with Gasteiger partial charge in [-0.15, -0.1) is 0 Å². The summed E-state index contributed by atoms with van der Waals surface area (Å²) in [7, 11) is 0. The lowest BCUT2D eigenvalue weighted by molar-refractivity contribution is -0.184. The largest absolute Gasteiger partial charge is 0.471 e. The van der Waals surface area contributed by atoms with Gasteiger partial charge in [0.25, 0.3) is 0 Å². The quantitative estimate of drug-likeness (QED) is 0.559. The molecular weight excluding hydrogens is 398 g/mol. The molecule has 0 atom stereocenters. The molecule has 2 aromatic rings. The molecule has 0 fully saturated rings. The third kappa shape index (κ3) is 7.12. The van der Waals surface area contributed by atoms with Gasteiger partial charge in [-0.2, -0.15) is 13.2 Å². The van der Waals surface area contributed by atoms with Crippen molar-refractivity contribution >= 4 is 41.3 Å². The van der Waals surface area contributed by atoms with Gasteiger partial charge in [0.05, 0.1) is 0 Å². The Morgan fingerprint density at radius 2 is 1.19 bits per heavy atom. The van der Waals surface area contributed by atoms with Gasteiger partial charge in [-0.05, 0) is 35.4 Å². The molecule has 2 nitrogen and oxygen atoms in total.